The molecule has 2 aromatic rings. The molecule has 0 N–H and O–H groups in total. The Bertz CT molecular complexity index is 1010. The van der Waals surface area contributed by atoms with Crippen LogP contribution in [0.4, 0.5) is 0 Å². The van der Waals surface area contributed by atoms with Gasteiger partial charge < -0.3 is 4.74 Å². The molecule has 0 spiro atoms. The maximum Gasteiger partial charge on any atom is 0.363 e. The molecule has 8 nitrogen and oxygen atoms in total. The summed E-state index contributed by atoms with van der Waals surface area (Å²) in [7, 11) is 1.53. The van der Waals surface area contributed by atoms with Crippen LogP contribution in [0.2, 0.25) is 0 Å². The standard InChI is InChI=1S/C18H20N4O4S2/c1-21-18(25)22(20-19-21)10-14-15(27-2)8-7-13(16(14)28-3)17(24)26-12-6-4-5-11(23)9-12/h7-9H,4-6,10H2,1-3H3. The van der Waals surface area contributed by atoms with Crippen molar-refractivity contribution >= 4 is 35.3 Å². The van der Waals surface area contributed by atoms with Gasteiger partial charge in [-0.1, -0.05) is 0 Å². The molecular weight excluding hydrogens is 400 g/mol. The molecule has 148 valence electrons. The van der Waals surface area contributed by atoms with E-state index in [2.05, 4.69) is 10.4 Å². The quantitative estimate of drug-likeness (QED) is 0.519. The first kappa shape index (κ1) is 20.4. The van der Waals surface area contributed by atoms with E-state index in [1.807, 2.05) is 18.6 Å². The van der Waals surface area contributed by atoms with Crippen molar-refractivity contribution in [2.24, 2.45) is 7.05 Å². The Labute approximate surface area is 170 Å². The van der Waals surface area contributed by atoms with Gasteiger partial charge in [0.15, 0.2) is 5.78 Å². The van der Waals surface area contributed by atoms with Crippen LogP contribution in [-0.2, 0) is 23.1 Å². The number of aryl methyl sites for hydroxylation is 1. The lowest BCUT2D eigenvalue weighted by atomic mass is 10.1. The topological polar surface area (TPSA) is 96.1 Å². The molecule has 10 heteroatoms. The SMILES string of the molecule is CSc1ccc(C(=O)OC2=CC(=O)CCC2)c(SC)c1Cn1nnn(C)c1=O. The number of esters is 1. The largest absolute Gasteiger partial charge is 0.427 e. The minimum atomic E-state index is -0.509. The van der Waals surface area contributed by atoms with Gasteiger partial charge in [0, 0.05) is 41.3 Å². The Kier molecular flexibility index (Phi) is 6.40. The van der Waals surface area contributed by atoms with Crippen LogP contribution in [0.25, 0.3) is 0 Å². The molecule has 1 heterocycles. The number of allylic oxidation sites excluding steroid dienone is 2. The lowest BCUT2D eigenvalue weighted by Crippen LogP contribution is -2.24. The normalized spacial score (nSPS) is 14.1. The molecule has 0 radical (unpaired) electrons. The van der Waals surface area contributed by atoms with Gasteiger partial charge in [-0.25, -0.2) is 9.59 Å². The second-order valence-electron chi connectivity index (χ2n) is 6.19. The predicted molar refractivity (Wildman–Crippen MR) is 107 cm³/mol. The second kappa shape index (κ2) is 8.78. The number of nitrogens with zero attached hydrogens (tertiary/aromatic N) is 4. The average molecular weight is 421 g/mol. The zero-order valence-corrected chi connectivity index (χ0v) is 17.4. The van der Waals surface area contributed by atoms with E-state index >= 15 is 0 Å². The van der Waals surface area contributed by atoms with E-state index in [0.717, 1.165) is 20.0 Å². The van der Waals surface area contributed by atoms with E-state index in [1.165, 1.54) is 41.3 Å². The smallest absolute Gasteiger partial charge is 0.363 e. The number of thioether (sulfide) groups is 2. The molecule has 28 heavy (non-hydrogen) atoms. The Balaban J connectivity index is 1.98. The third-order valence-electron chi connectivity index (χ3n) is 4.34. The van der Waals surface area contributed by atoms with Crippen molar-refractivity contribution in [1.82, 2.24) is 19.8 Å². The first-order valence-corrected chi connectivity index (χ1v) is 11.1. The van der Waals surface area contributed by atoms with Gasteiger partial charge >= 0.3 is 11.7 Å². The Morgan fingerprint density at radius 2 is 1.96 bits per heavy atom. The molecule has 1 aliphatic carbocycles. The number of carbonyl (C=O) groups excluding carboxylic acids is 2. The lowest BCUT2D eigenvalue weighted by molar-refractivity contribution is -0.115. The van der Waals surface area contributed by atoms with Crippen molar-refractivity contribution in [3.63, 3.8) is 0 Å². The van der Waals surface area contributed by atoms with Gasteiger partial charge in [0.25, 0.3) is 0 Å². The minimum absolute atomic E-state index is 0.0282. The van der Waals surface area contributed by atoms with Crippen LogP contribution in [0.1, 0.15) is 35.2 Å². The second-order valence-corrected chi connectivity index (χ2v) is 7.85. The molecule has 1 aromatic carbocycles. The molecule has 0 amide bonds. The van der Waals surface area contributed by atoms with Crippen LogP contribution in [0, 0.1) is 0 Å². The summed E-state index contributed by atoms with van der Waals surface area (Å²) < 4.78 is 7.89. The Morgan fingerprint density at radius 3 is 2.57 bits per heavy atom. The van der Waals surface area contributed by atoms with Crippen LogP contribution >= 0.6 is 23.5 Å². The number of carbonyl (C=O) groups is 2. The van der Waals surface area contributed by atoms with Crippen LogP contribution in [0.3, 0.4) is 0 Å². The molecule has 0 saturated heterocycles. The molecule has 0 bridgehead atoms. The Morgan fingerprint density at radius 1 is 1.18 bits per heavy atom. The predicted octanol–water partition coefficient (Wildman–Crippen LogP) is 2.26. The van der Waals surface area contributed by atoms with Crippen LogP contribution in [0.15, 0.2) is 38.6 Å². The van der Waals surface area contributed by atoms with Crippen molar-refractivity contribution < 1.29 is 14.3 Å². The van der Waals surface area contributed by atoms with Crippen molar-refractivity contribution in [3.05, 3.63) is 45.6 Å². The number of hydrogen-bond acceptors (Lipinski definition) is 8. The van der Waals surface area contributed by atoms with Crippen molar-refractivity contribution in [2.75, 3.05) is 12.5 Å². The summed E-state index contributed by atoms with van der Waals surface area (Å²) in [4.78, 5) is 38.1. The zero-order chi connectivity index (χ0) is 20.3. The molecule has 3 rings (SSSR count). The highest BCUT2D eigenvalue weighted by Gasteiger charge is 2.22. The average Bonchev–Trinajstić information content (AvgIpc) is 2.99. The molecule has 0 atom stereocenters. The molecule has 0 saturated carbocycles. The molecule has 0 fully saturated rings. The maximum atomic E-state index is 12.8. The van der Waals surface area contributed by atoms with Crippen molar-refractivity contribution in [2.45, 2.75) is 35.6 Å². The number of benzene rings is 1. The number of aromatic nitrogens is 4. The summed E-state index contributed by atoms with van der Waals surface area (Å²) in [5, 5.41) is 7.61. The number of rotatable bonds is 6. The van der Waals surface area contributed by atoms with Gasteiger partial charge in [-0.15, -0.1) is 23.5 Å². The highest BCUT2D eigenvalue weighted by atomic mass is 32.2. The van der Waals surface area contributed by atoms with E-state index in [9.17, 15) is 14.4 Å². The van der Waals surface area contributed by atoms with Crippen LogP contribution in [0.5, 0.6) is 0 Å². The first-order valence-electron chi connectivity index (χ1n) is 8.60. The highest BCUT2D eigenvalue weighted by molar-refractivity contribution is 7.99. The van der Waals surface area contributed by atoms with Gasteiger partial charge in [-0.05, 0) is 41.5 Å². The molecule has 0 aliphatic heterocycles. The van der Waals surface area contributed by atoms with Gasteiger partial charge in [0.05, 0.1) is 12.1 Å². The fourth-order valence-corrected chi connectivity index (χ4v) is 4.43. The van der Waals surface area contributed by atoms with E-state index < -0.39 is 5.97 Å². The monoisotopic (exact) mass is 420 g/mol. The molecule has 0 unspecified atom stereocenters. The van der Waals surface area contributed by atoms with Gasteiger partial charge in [-0.3, -0.25) is 4.79 Å². The fraction of sp³-hybridized carbons (Fsp3) is 0.389. The van der Waals surface area contributed by atoms with E-state index in [4.69, 9.17) is 4.74 Å². The molecule has 1 aliphatic rings. The zero-order valence-electron chi connectivity index (χ0n) is 15.8. The third-order valence-corrected chi connectivity index (χ3v) is 6.04. The first-order chi connectivity index (χ1) is 13.4. The summed E-state index contributed by atoms with van der Waals surface area (Å²) in [6, 6.07) is 3.55. The molecule has 1 aromatic heterocycles. The van der Waals surface area contributed by atoms with Crippen LogP contribution < -0.4 is 5.69 Å². The summed E-state index contributed by atoms with van der Waals surface area (Å²) in [6.45, 7) is 0.196. The number of ether oxygens (including phenoxy) is 1. The van der Waals surface area contributed by atoms with E-state index in [1.54, 1.807) is 6.07 Å². The highest BCUT2D eigenvalue weighted by Crippen LogP contribution is 2.34. The maximum absolute atomic E-state index is 12.8. The summed E-state index contributed by atoms with van der Waals surface area (Å²) in [6.07, 6.45) is 6.92. The third kappa shape index (κ3) is 4.22. The number of hydrogen-bond donors (Lipinski definition) is 0. The van der Waals surface area contributed by atoms with E-state index in [0.29, 0.717) is 30.6 Å². The van der Waals surface area contributed by atoms with Gasteiger partial charge in [0.2, 0.25) is 0 Å². The number of tetrazole rings is 1. The van der Waals surface area contributed by atoms with Crippen molar-refractivity contribution in [1.29, 1.82) is 0 Å². The number of ketones is 1. The summed E-state index contributed by atoms with van der Waals surface area (Å²) >= 11 is 2.92. The Hall–Kier alpha value is -2.33. The van der Waals surface area contributed by atoms with Crippen LogP contribution in [-0.4, -0.2) is 44.1 Å². The fourth-order valence-electron chi connectivity index (χ4n) is 2.96. The summed E-state index contributed by atoms with van der Waals surface area (Å²) in [5.41, 5.74) is 0.875. The lowest BCUT2D eigenvalue weighted by Gasteiger charge is -2.17. The minimum Gasteiger partial charge on any atom is -0.427 e. The molecular formula is C18H20N4O4S2. The van der Waals surface area contributed by atoms with E-state index in [-0.39, 0.29) is 18.0 Å². The van der Waals surface area contributed by atoms with Crippen molar-refractivity contribution in [3.8, 4) is 0 Å². The van der Waals surface area contributed by atoms with Gasteiger partial charge in [0.1, 0.15) is 5.76 Å². The van der Waals surface area contributed by atoms with Gasteiger partial charge in [-0.2, -0.15) is 9.36 Å². The summed E-state index contributed by atoms with van der Waals surface area (Å²) in [5.74, 6) is -0.140.